The summed E-state index contributed by atoms with van der Waals surface area (Å²) < 4.78 is 87.2. The van der Waals surface area contributed by atoms with E-state index in [1.54, 1.807) is 19.9 Å². The van der Waals surface area contributed by atoms with E-state index < -0.39 is 60.2 Å². The van der Waals surface area contributed by atoms with Crippen molar-refractivity contribution < 1.29 is 35.9 Å². The lowest BCUT2D eigenvalue weighted by Crippen LogP contribution is -2.57. The number of hydrogen-bond acceptors (Lipinski definition) is 7. The van der Waals surface area contributed by atoms with E-state index in [2.05, 4.69) is 20.3 Å². The average molecular weight is 560 g/mol. The molecule has 204 valence electrons. The number of aryl methyl sites for hydroxylation is 1. The van der Waals surface area contributed by atoms with Crippen molar-refractivity contribution in [2.45, 2.75) is 38.4 Å². The molecule has 1 aliphatic rings. The first-order valence-corrected chi connectivity index (χ1v) is 12.2. The van der Waals surface area contributed by atoms with Gasteiger partial charge in [0.25, 0.3) is 11.8 Å². The second kappa shape index (κ2) is 10.4. The van der Waals surface area contributed by atoms with Crippen LogP contribution in [-0.4, -0.2) is 57.9 Å². The predicted octanol–water partition coefficient (Wildman–Crippen LogP) is 5.67. The number of likely N-dealkylation sites (tertiary alicyclic amines) is 1. The minimum absolute atomic E-state index is 0.0829. The lowest BCUT2D eigenvalue weighted by molar-refractivity contribution is -0.139. The molecule has 1 aliphatic heterocycles. The van der Waals surface area contributed by atoms with Crippen LogP contribution in [0.2, 0.25) is 0 Å². The van der Waals surface area contributed by atoms with E-state index in [-0.39, 0.29) is 18.2 Å². The fourth-order valence-corrected chi connectivity index (χ4v) is 5.32. The van der Waals surface area contributed by atoms with Crippen molar-refractivity contribution in [2.75, 3.05) is 25.5 Å². The van der Waals surface area contributed by atoms with Gasteiger partial charge in [0.05, 0.1) is 29.6 Å². The maximum Gasteiger partial charge on any atom is 0.423 e. The van der Waals surface area contributed by atoms with E-state index >= 15 is 0 Å². The van der Waals surface area contributed by atoms with Crippen molar-refractivity contribution in [3.8, 4) is 16.3 Å². The molecule has 0 aliphatic carbocycles. The molecule has 0 bridgehead atoms. The minimum Gasteiger partial charge on any atom is -0.480 e. The summed E-state index contributed by atoms with van der Waals surface area (Å²) in [4.78, 5) is 26.6. The van der Waals surface area contributed by atoms with Crippen molar-refractivity contribution >= 4 is 23.2 Å². The Kier molecular flexibility index (Phi) is 7.55. The number of ether oxygens (including phenoxy) is 1. The third-order valence-electron chi connectivity index (χ3n) is 6.09. The monoisotopic (exact) mass is 559 g/mol. The zero-order valence-corrected chi connectivity index (χ0v) is 21.3. The Balaban J connectivity index is 1.63. The topological polar surface area (TPSA) is 80.2 Å². The molecule has 38 heavy (non-hydrogen) atoms. The van der Waals surface area contributed by atoms with Crippen molar-refractivity contribution in [3.05, 3.63) is 52.5 Å². The van der Waals surface area contributed by atoms with Gasteiger partial charge in [-0.2, -0.15) is 18.2 Å². The standard InChI is InChI=1S/C24H23F6N5O2S/c1-12-8-23(26,27)11-35(17(12)10-32-22-31-9-16(24(28,29)30)20(34-22)37-3)21(36)18-19(38-13(2)33-18)14-5-4-6-15(25)7-14/h4-7,9,12,17H,8,10-11H2,1-3H3,(H,31,32,34)/t12?,17-/m1/s1. The van der Waals surface area contributed by atoms with E-state index in [1.807, 2.05) is 0 Å². The van der Waals surface area contributed by atoms with E-state index in [0.29, 0.717) is 21.6 Å². The van der Waals surface area contributed by atoms with Crippen LogP contribution in [0.4, 0.5) is 32.3 Å². The molecule has 4 rings (SSSR count). The average Bonchev–Trinajstić information content (AvgIpc) is 3.23. The molecular weight excluding hydrogens is 536 g/mol. The molecule has 2 aromatic heterocycles. The van der Waals surface area contributed by atoms with E-state index in [4.69, 9.17) is 4.74 Å². The normalized spacial score (nSPS) is 19.3. The van der Waals surface area contributed by atoms with Crippen molar-refractivity contribution in [3.63, 3.8) is 0 Å². The minimum atomic E-state index is -4.73. The number of nitrogens with zero attached hydrogens (tertiary/aromatic N) is 4. The highest BCUT2D eigenvalue weighted by molar-refractivity contribution is 7.15. The van der Waals surface area contributed by atoms with Gasteiger partial charge >= 0.3 is 6.18 Å². The SMILES string of the molecule is COc1nc(NC[C@@H]2C(C)CC(F)(F)CN2C(=O)c2nc(C)sc2-c2cccc(F)c2)ncc1C(F)(F)F. The second-order valence-electron chi connectivity index (χ2n) is 8.95. The number of benzene rings is 1. The molecule has 1 amide bonds. The number of halogens is 6. The van der Waals surface area contributed by atoms with Gasteiger partial charge in [-0.3, -0.25) is 4.79 Å². The number of piperidine rings is 1. The van der Waals surface area contributed by atoms with Crippen LogP contribution in [0.3, 0.4) is 0 Å². The summed E-state index contributed by atoms with van der Waals surface area (Å²) >= 11 is 1.13. The van der Waals surface area contributed by atoms with Crippen molar-refractivity contribution in [1.82, 2.24) is 19.9 Å². The zero-order chi connectivity index (χ0) is 27.8. The highest BCUT2D eigenvalue weighted by Gasteiger charge is 2.47. The fourth-order valence-electron chi connectivity index (χ4n) is 4.41. The van der Waals surface area contributed by atoms with Gasteiger partial charge in [0.2, 0.25) is 11.8 Å². The van der Waals surface area contributed by atoms with Crippen LogP contribution in [-0.2, 0) is 6.18 Å². The van der Waals surface area contributed by atoms with Crippen LogP contribution in [0.15, 0.2) is 30.5 Å². The molecule has 1 N–H and O–H groups in total. The predicted molar refractivity (Wildman–Crippen MR) is 128 cm³/mol. The molecule has 1 fully saturated rings. The lowest BCUT2D eigenvalue weighted by Gasteiger charge is -2.43. The van der Waals surface area contributed by atoms with E-state index in [1.165, 1.54) is 18.2 Å². The third-order valence-corrected chi connectivity index (χ3v) is 7.11. The fraction of sp³-hybridized carbons (Fsp3) is 0.417. The molecular formula is C24H23F6N5O2S. The second-order valence-corrected chi connectivity index (χ2v) is 10.2. The maximum atomic E-state index is 14.6. The zero-order valence-electron chi connectivity index (χ0n) is 20.4. The van der Waals surface area contributed by atoms with Gasteiger partial charge in [-0.25, -0.2) is 23.1 Å². The molecule has 3 heterocycles. The largest absolute Gasteiger partial charge is 0.480 e. The van der Waals surface area contributed by atoms with Gasteiger partial charge in [-0.05, 0) is 30.5 Å². The Morgan fingerprint density at radius 1 is 1.29 bits per heavy atom. The third kappa shape index (κ3) is 5.84. The van der Waals surface area contributed by atoms with E-state index in [9.17, 15) is 31.1 Å². The molecule has 1 unspecified atom stereocenters. The van der Waals surface area contributed by atoms with Crippen LogP contribution in [0, 0.1) is 18.7 Å². The number of rotatable bonds is 6. The quantitative estimate of drug-likeness (QED) is 0.392. The summed E-state index contributed by atoms with van der Waals surface area (Å²) in [6, 6.07) is 4.73. The molecule has 1 aromatic carbocycles. The van der Waals surface area contributed by atoms with Crippen LogP contribution in [0.1, 0.15) is 34.4 Å². The smallest absolute Gasteiger partial charge is 0.423 e. The van der Waals surface area contributed by atoms with Gasteiger partial charge in [0, 0.05) is 19.2 Å². The Bertz CT molecular complexity index is 1330. The summed E-state index contributed by atoms with van der Waals surface area (Å²) in [5.41, 5.74) is -0.868. The molecule has 7 nitrogen and oxygen atoms in total. The summed E-state index contributed by atoms with van der Waals surface area (Å²) in [5, 5.41) is 3.24. The van der Waals surface area contributed by atoms with Gasteiger partial charge < -0.3 is 15.0 Å². The van der Waals surface area contributed by atoms with Crippen molar-refractivity contribution in [2.24, 2.45) is 5.92 Å². The molecule has 14 heteroatoms. The number of aromatic nitrogens is 3. The molecule has 0 radical (unpaired) electrons. The molecule has 2 atom stereocenters. The molecule has 0 spiro atoms. The first-order chi connectivity index (χ1) is 17.8. The number of thiazole rings is 1. The number of alkyl halides is 5. The van der Waals surface area contributed by atoms with Gasteiger partial charge in [-0.1, -0.05) is 19.1 Å². The summed E-state index contributed by atoms with van der Waals surface area (Å²) in [5.74, 6) is -6.11. The van der Waals surface area contributed by atoms with Gasteiger partial charge in [-0.15, -0.1) is 11.3 Å². The highest BCUT2D eigenvalue weighted by atomic mass is 32.1. The van der Waals surface area contributed by atoms with Crippen LogP contribution in [0.25, 0.3) is 10.4 Å². The van der Waals surface area contributed by atoms with E-state index in [0.717, 1.165) is 23.3 Å². The number of amides is 1. The summed E-state index contributed by atoms with van der Waals surface area (Å²) in [6.07, 6.45) is -4.69. The molecule has 0 saturated carbocycles. The Morgan fingerprint density at radius 3 is 2.68 bits per heavy atom. The number of nitrogens with one attached hydrogen (secondary N) is 1. The first-order valence-electron chi connectivity index (χ1n) is 11.4. The van der Waals surface area contributed by atoms with Crippen LogP contribution >= 0.6 is 11.3 Å². The van der Waals surface area contributed by atoms with Crippen LogP contribution in [0.5, 0.6) is 5.88 Å². The Morgan fingerprint density at radius 2 is 2.03 bits per heavy atom. The van der Waals surface area contributed by atoms with Gasteiger partial charge in [0.15, 0.2) is 0 Å². The summed E-state index contributed by atoms with van der Waals surface area (Å²) in [6.45, 7) is 2.18. The molecule has 3 aromatic rings. The van der Waals surface area contributed by atoms with Crippen molar-refractivity contribution in [1.29, 1.82) is 0 Å². The Labute approximate surface area is 217 Å². The number of anilines is 1. The summed E-state index contributed by atoms with van der Waals surface area (Å²) in [7, 11) is 1.03. The van der Waals surface area contributed by atoms with Crippen LogP contribution < -0.4 is 10.1 Å². The lowest BCUT2D eigenvalue weighted by atomic mass is 9.88. The van der Waals surface area contributed by atoms with Gasteiger partial charge in [0.1, 0.15) is 17.1 Å². The highest BCUT2D eigenvalue weighted by Crippen LogP contribution is 2.38. The number of methoxy groups -OCH3 is 1. The molecule has 1 saturated heterocycles. The number of hydrogen-bond donors (Lipinski definition) is 1. The Hall–Kier alpha value is -3.42. The first kappa shape index (κ1) is 27.6. The number of carbonyl (C=O) groups is 1. The maximum absolute atomic E-state index is 14.6. The number of carbonyl (C=O) groups excluding carboxylic acids is 1.